The first-order valence-electron chi connectivity index (χ1n) is 10.9. The van der Waals surface area contributed by atoms with E-state index in [0.717, 1.165) is 25.7 Å². The number of nitrogens with zero attached hydrogens (tertiary/aromatic N) is 1. The van der Waals surface area contributed by atoms with Crippen molar-refractivity contribution in [3.63, 3.8) is 0 Å². The van der Waals surface area contributed by atoms with Crippen LogP contribution >= 0.6 is 0 Å². The third-order valence-electron chi connectivity index (χ3n) is 5.71. The summed E-state index contributed by atoms with van der Waals surface area (Å²) in [5, 5.41) is 2.80. The SMILES string of the molecule is CCOC(=O)c1cccc(NC(=O)c2ccc(C)c(S(=O)(=O)N3CCCCCC3)c2)c1C. The van der Waals surface area contributed by atoms with Gasteiger partial charge in [0, 0.05) is 24.3 Å². The van der Waals surface area contributed by atoms with E-state index in [1.807, 2.05) is 0 Å². The Bertz CT molecular complexity index is 1100. The van der Waals surface area contributed by atoms with Crippen LogP contribution in [0.1, 0.15) is 64.4 Å². The van der Waals surface area contributed by atoms with Gasteiger partial charge in [-0.3, -0.25) is 4.79 Å². The Labute approximate surface area is 189 Å². The highest BCUT2D eigenvalue weighted by Crippen LogP contribution is 2.25. The minimum Gasteiger partial charge on any atom is -0.462 e. The molecule has 2 aromatic carbocycles. The van der Waals surface area contributed by atoms with Gasteiger partial charge >= 0.3 is 5.97 Å². The number of nitrogens with one attached hydrogen (secondary N) is 1. The van der Waals surface area contributed by atoms with Crippen molar-refractivity contribution in [2.75, 3.05) is 25.0 Å². The number of sulfonamides is 1. The van der Waals surface area contributed by atoms with E-state index >= 15 is 0 Å². The highest BCUT2D eigenvalue weighted by Gasteiger charge is 2.27. The van der Waals surface area contributed by atoms with Crippen molar-refractivity contribution in [1.82, 2.24) is 4.31 Å². The largest absolute Gasteiger partial charge is 0.462 e. The van der Waals surface area contributed by atoms with E-state index in [1.165, 1.54) is 10.4 Å². The fourth-order valence-electron chi connectivity index (χ4n) is 3.84. The van der Waals surface area contributed by atoms with Crippen LogP contribution in [-0.2, 0) is 14.8 Å². The van der Waals surface area contributed by atoms with Crippen molar-refractivity contribution in [2.24, 2.45) is 0 Å². The number of ether oxygens (including phenoxy) is 1. The van der Waals surface area contributed by atoms with E-state index in [0.29, 0.717) is 35.5 Å². The van der Waals surface area contributed by atoms with Gasteiger partial charge in [0.25, 0.3) is 5.91 Å². The zero-order chi connectivity index (χ0) is 23.3. The molecular formula is C24H30N2O5S. The molecular weight excluding hydrogens is 428 g/mol. The first kappa shape index (κ1) is 23.9. The monoisotopic (exact) mass is 458 g/mol. The van der Waals surface area contributed by atoms with Gasteiger partial charge in [0.15, 0.2) is 0 Å². The molecule has 1 N–H and O–H groups in total. The van der Waals surface area contributed by atoms with Crippen LogP contribution in [-0.4, -0.2) is 44.3 Å². The van der Waals surface area contributed by atoms with Crippen LogP contribution in [0.2, 0.25) is 0 Å². The van der Waals surface area contributed by atoms with E-state index in [-0.39, 0.29) is 17.1 Å². The topological polar surface area (TPSA) is 92.8 Å². The van der Waals surface area contributed by atoms with Crippen LogP contribution in [0.5, 0.6) is 0 Å². The van der Waals surface area contributed by atoms with E-state index in [1.54, 1.807) is 51.1 Å². The fourth-order valence-corrected chi connectivity index (χ4v) is 5.60. The van der Waals surface area contributed by atoms with Crippen molar-refractivity contribution in [3.05, 3.63) is 58.7 Å². The van der Waals surface area contributed by atoms with Gasteiger partial charge in [-0.1, -0.05) is 25.0 Å². The molecule has 8 heteroatoms. The molecule has 3 rings (SSSR count). The molecule has 0 aliphatic carbocycles. The predicted octanol–water partition coefficient (Wildman–Crippen LogP) is 4.30. The maximum absolute atomic E-state index is 13.3. The fraction of sp³-hybridized carbons (Fsp3) is 0.417. The molecule has 1 saturated heterocycles. The summed E-state index contributed by atoms with van der Waals surface area (Å²) in [6.45, 7) is 6.45. The molecule has 1 fully saturated rings. The number of anilines is 1. The number of rotatable bonds is 6. The molecule has 1 heterocycles. The molecule has 1 aliphatic heterocycles. The van der Waals surface area contributed by atoms with Gasteiger partial charge in [0.05, 0.1) is 17.1 Å². The first-order chi connectivity index (χ1) is 15.3. The summed E-state index contributed by atoms with van der Waals surface area (Å²) in [7, 11) is -3.69. The van der Waals surface area contributed by atoms with E-state index in [2.05, 4.69) is 5.32 Å². The molecule has 7 nitrogen and oxygen atoms in total. The van der Waals surface area contributed by atoms with Crippen LogP contribution in [0.4, 0.5) is 5.69 Å². The Morgan fingerprint density at radius 1 is 1.03 bits per heavy atom. The van der Waals surface area contributed by atoms with Crippen LogP contribution < -0.4 is 5.32 Å². The van der Waals surface area contributed by atoms with Crippen molar-refractivity contribution in [3.8, 4) is 0 Å². The third-order valence-corrected chi connectivity index (χ3v) is 7.75. The van der Waals surface area contributed by atoms with Crippen LogP contribution in [0.15, 0.2) is 41.3 Å². The second-order valence-corrected chi connectivity index (χ2v) is 9.86. The van der Waals surface area contributed by atoms with Gasteiger partial charge in [0.2, 0.25) is 10.0 Å². The van der Waals surface area contributed by atoms with Gasteiger partial charge < -0.3 is 10.1 Å². The zero-order valence-electron chi connectivity index (χ0n) is 18.8. The predicted molar refractivity (Wildman–Crippen MR) is 123 cm³/mol. The molecule has 2 aromatic rings. The number of amides is 1. The molecule has 172 valence electrons. The third kappa shape index (κ3) is 5.19. The lowest BCUT2D eigenvalue weighted by Gasteiger charge is -2.21. The minimum absolute atomic E-state index is 0.157. The maximum atomic E-state index is 13.3. The van der Waals surface area contributed by atoms with Crippen LogP contribution in [0.3, 0.4) is 0 Å². The van der Waals surface area contributed by atoms with Gasteiger partial charge in [-0.2, -0.15) is 4.31 Å². The second kappa shape index (κ2) is 10.3. The number of esters is 1. The molecule has 0 radical (unpaired) electrons. The van der Waals surface area contributed by atoms with Crippen molar-refractivity contribution in [1.29, 1.82) is 0 Å². The molecule has 0 bridgehead atoms. The molecule has 0 spiro atoms. The Hall–Kier alpha value is -2.71. The van der Waals surface area contributed by atoms with Crippen LogP contribution in [0.25, 0.3) is 0 Å². The van der Waals surface area contributed by atoms with Crippen molar-refractivity contribution >= 4 is 27.6 Å². The summed E-state index contributed by atoms with van der Waals surface area (Å²) in [6, 6.07) is 9.70. The number of benzene rings is 2. The standard InChI is InChI=1S/C24H30N2O5S/c1-4-31-24(28)20-10-9-11-21(18(20)3)25-23(27)19-13-12-17(2)22(16-19)32(29,30)26-14-7-5-6-8-15-26/h9-13,16H,4-8,14-15H2,1-3H3,(H,25,27). The molecule has 1 aliphatic rings. The summed E-state index contributed by atoms with van der Waals surface area (Å²) in [4.78, 5) is 25.3. The van der Waals surface area contributed by atoms with Gasteiger partial charge in [-0.25, -0.2) is 13.2 Å². The average molecular weight is 459 g/mol. The number of hydrogen-bond acceptors (Lipinski definition) is 5. The number of aryl methyl sites for hydroxylation is 1. The maximum Gasteiger partial charge on any atom is 0.338 e. The number of carbonyl (C=O) groups excluding carboxylic acids is 2. The van der Waals surface area contributed by atoms with Gasteiger partial charge in [0.1, 0.15) is 0 Å². The lowest BCUT2D eigenvalue weighted by molar-refractivity contribution is 0.0525. The number of carbonyl (C=O) groups is 2. The first-order valence-corrected chi connectivity index (χ1v) is 12.4. The van der Waals surface area contributed by atoms with Gasteiger partial charge in [-0.15, -0.1) is 0 Å². The lowest BCUT2D eigenvalue weighted by Crippen LogP contribution is -2.32. The normalized spacial score (nSPS) is 15.1. The van der Waals surface area contributed by atoms with E-state index in [9.17, 15) is 18.0 Å². The Morgan fingerprint density at radius 3 is 2.38 bits per heavy atom. The second-order valence-electron chi connectivity index (χ2n) is 7.95. The Kier molecular flexibility index (Phi) is 7.69. The molecule has 0 unspecified atom stereocenters. The lowest BCUT2D eigenvalue weighted by atomic mass is 10.1. The van der Waals surface area contributed by atoms with Crippen molar-refractivity contribution in [2.45, 2.75) is 51.3 Å². The minimum atomic E-state index is -3.69. The highest BCUT2D eigenvalue weighted by molar-refractivity contribution is 7.89. The van der Waals surface area contributed by atoms with Gasteiger partial charge in [-0.05, 0) is 69.0 Å². The molecule has 0 aromatic heterocycles. The summed E-state index contributed by atoms with van der Waals surface area (Å²) >= 11 is 0. The summed E-state index contributed by atoms with van der Waals surface area (Å²) < 4.78 is 33.1. The zero-order valence-corrected chi connectivity index (χ0v) is 19.6. The quantitative estimate of drug-likeness (QED) is 0.652. The molecule has 32 heavy (non-hydrogen) atoms. The Morgan fingerprint density at radius 2 is 1.72 bits per heavy atom. The Balaban J connectivity index is 1.88. The van der Waals surface area contributed by atoms with Crippen LogP contribution in [0, 0.1) is 13.8 Å². The smallest absolute Gasteiger partial charge is 0.338 e. The summed E-state index contributed by atoms with van der Waals surface area (Å²) in [5.74, 6) is -0.899. The van der Waals surface area contributed by atoms with E-state index < -0.39 is 21.9 Å². The summed E-state index contributed by atoms with van der Waals surface area (Å²) in [6.07, 6.45) is 3.73. The van der Waals surface area contributed by atoms with E-state index in [4.69, 9.17) is 4.74 Å². The summed E-state index contributed by atoms with van der Waals surface area (Å²) in [5.41, 5.74) is 2.27. The number of hydrogen-bond donors (Lipinski definition) is 1. The highest BCUT2D eigenvalue weighted by atomic mass is 32.2. The van der Waals surface area contributed by atoms with Crippen molar-refractivity contribution < 1.29 is 22.7 Å². The molecule has 1 amide bonds. The molecule has 0 atom stereocenters. The average Bonchev–Trinajstić information content (AvgIpc) is 3.05. The molecule has 0 saturated carbocycles.